The maximum Gasteiger partial charge on any atom is 0.180 e. The fraction of sp³-hybridized carbons (Fsp3) is 0.417. The Balaban J connectivity index is 1.71. The summed E-state index contributed by atoms with van der Waals surface area (Å²) in [5.74, 6) is 0.358. The largest absolute Gasteiger partial charge is 0.507 e. The standard InChI is InChI=1S/C24H30BrN3O/c1-16(2)28-12-10-24(11-13-28)26-21(18-6-4-17(3)5-7-18)15-22(27-24)20-14-19(25)8-9-23(20)29/h4-9,14-16,22,26-27,29H,10-13H2,1-3H3/p+2. The van der Waals surface area contributed by atoms with Gasteiger partial charge in [-0.1, -0.05) is 45.8 Å². The lowest BCUT2D eigenvalue weighted by molar-refractivity contribution is -0.938. The molecule has 4 nitrogen and oxygen atoms in total. The average molecular weight is 458 g/mol. The SMILES string of the molecule is Cc1ccc(C2=CC(c3cc(Br)ccc3O)[NH2+]C3(CC[NH+](C(C)C)CC3)N2)cc1. The predicted molar refractivity (Wildman–Crippen MR) is 121 cm³/mol. The van der Waals surface area contributed by atoms with Gasteiger partial charge in [0.15, 0.2) is 5.66 Å². The van der Waals surface area contributed by atoms with Crippen LogP contribution >= 0.6 is 15.9 Å². The van der Waals surface area contributed by atoms with Crippen LogP contribution in [0.1, 0.15) is 49.4 Å². The highest BCUT2D eigenvalue weighted by Crippen LogP contribution is 2.32. The van der Waals surface area contributed by atoms with Crippen LogP contribution in [0.15, 0.2) is 53.0 Å². The van der Waals surface area contributed by atoms with E-state index in [9.17, 15) is 5.11 Å². The molecule has 1 saturated heterocycles. The maximum absolute atomic E-state index is 10.6. The van der Waals surface area contributed by atoms with Crippen molar-refractivity contribution < 1.29 is 15.3 Å². The Labute approximate surface area is 182 Å². The average Bonchev–Trinajstić information content (AvgIpc) is 2.70. The van der Waals surface area contributed by atoms with Crippen LogP contribution in [0.25, 0.3) is 5.70 Å². The Morgan fingerprint density at radius 2 is 1.83 bits per heavy atom. The Hall–Kier alpha value is -1.82. The molecule has 5 heteroatoms. The van der Waals surface area contributed by atoms with Crippen LogP contribution in [0.3, 0.4) is 0 Å². The van der Waals surface area contributed by atoms with E-state index in [1.165, 1.54) is 29.9 Å². The zero-order valence-corrected chi connectivity index (χ0v) is 19.1. The summed E-state index contributed by atoms with van der Waals surface area (Å²) in [6, 6.07) is 15.2. The molecular weight excluding hydrogens is 426 g/mol. The van der Waals surface area contributed by atoms with E-state index in [0.717, 1.165) is 22.9 Å². The number of quaternary nitrogens is 2. The van der Waals surface area contributed by atoms with Crippen molar-refractivity contribution in [1.82, 2.24) is 5.32 Å². The number of aryl methyl sites for hydroxylation is 1. The highest BCUT2D eigenvalue weighted by molar-refractivity contribution is 9.10. The van der Waals surface area contributed by atoms with Gasteiger partial charge in [-0.05, 0) is 44.5 Å². The second-order valence-corrected chi connectivity index (χ2v) is 9.85. The molecule has 154 valence electrons. The third-order valence-electron chi connectivity index (χ3n) is 6.54. The number of benzene rings is 2. The van der Waals surface area contributed by atoms with Crippen LogP contribution in [-0.4, -0.2) is 29.9 Å². The summed E-state index contributed by atoms with van der Waals surface area (Å²) >= 11 is 3.58. The number of phenols is 1. The van der Waals surface area contributed by atoms with E-state index in [-0.39, 0.29) is 11.7 Å². The molecule has 29 heavy (non-hydrogen) atoms. The molecule has 0 radical (unpaired) electrons. The van der Waals surface area contributed by atoms with E-state index in [1.807, 2.05) is 12.1 Å². The molecule has 0 aromatic heterocycles. The highest BCUT2D eigenvalue weighted by Gasteiger charge is 2.45. The first kappa shape index (κ1) is 20.5. The van der Waals surface area contributed by atoms with E-state index in [0.29, 0.717) is 11.8 Å². The normalized spacial score (nSPS) is 27.0. The molecule has 2 aromatic rings. The van der Waals surface area contributed by atoms with Gasteiger partial charge in [0.25, 0.3) is 0 Å². The van der Waals surface area contributed by atoms with Crippen LogP contribution in [0.4, 0.5) is 0 Å². The first-order chi connectivity index (χ1) is 13.8. The zero-order valence-electron chi connectivity index (χ0n) is 17.5. The van der Waals surface area contributed by atoms with E-state index >= 15 is 0 Å². The monoisotopic (exact) mass is 457 g/mol. The van der Waals surface area contributed by atoms with Gasteiger partial charge in [-0.3, -0.25) is 0 Å². The zero-order chi connectivity index (χ0) is 20.6. The Morgan fingerprint density at radius 1 is 1.14 bits per heavy atom. The van der Waals surface area contributed by atoms with Crippen molar-refractivity contribution in [1.29, 1.82) is 0 Å². The van der Waals surface area contributed by atoms with Gasteiger partial charge < -0.3 is 20.6 Å². The minimum Gasteiger partial charge on any atom is -0.507 e. The Kier molecular flexibility index (Phi) is 5.74. The van der Waals surface area contributed by atoms with E-state index in [4.69, 9.17) is 0 Å². The molecule has 2 aromatic carbocycles. The molecule has 5 N–H and O–H groups in total. The molecule has 0 saturated carbocycles. The van der Waals surface area contributed by atoms with Gasteiger partial charge in [-0.2, -0.15) is 0 Å². The molecule has 2 aliphatic rings. The molecule has 0 aliphatic carbocycles. The number of hydrogen-bond acceptors (Lipinski definition) is 2. The van der Waals surface area contributed by atoms with Gasteiger partial charge in [0, 0.05) is 16.2 Å². The van der Waals surface area contributed by atoms with Crippen molar-refractivity contribution in [3.05, 3.63) is 69.7 Å². The number of hydrogen-bond donors (Lipinski definition) is 4. The minimum absolute atomic E-state index is 0.0349. The second kappa shape index (κ2) is 8.13. The number of nitrogens with two attached hydrogens (primary N) is 1. The second-order valence-electron chi connectivity index (χ2n) is 8.94. The van der Waals surface area contributed by atoms with E-state index in [2.05, 4.69) is 77.7 Å². The topological polar surface area (TPSA) is 53.3 Å². The molecule has 1 atom stereocenters. The smallest absolute Gasteiger partial charge is 0.180 e. The lowest BCUT2D eigenvalue weighted by Crippen LogP contribution is -3.19. The molecule has 1 unspecified atom stereocenters. The first-order valence-electron chi connectivity index (χ1n) is 10.6. The third kappa shape index (κ3) is 4.37. The van der Waals surface area contributed by atoms with E-state index < -0.39 is 0 Å². The number of halogens is 1. The fourth-order valence-electron chi connectivity index (χ4n) is 4.68. The number of phenolic OH excluding ortho intramolecular Hbond substituents is 1. The van der Waals surface area contributed by atoms with Crippen molar-refractivity contribution >= 4 is 21.6 Å². The lowest BCUT2D eigenvalue weighted by Gasteiger charge is -2.44. The molecule has 0 bridgehead atoms. The third-order valence-corrected chi connectivity index (χ3v) is 7.03. The van der Waals surface area contributed by atoms with Crippen LogP contribution in [0.5, 0.6) is 5.75 Å². The summed E-state index contributed by atoms with van der Waals surface area (Å²) in [5.41, 5.74) is 4.57. The quantitative estimate of drug-likeness (QED) is 0.572. The molecule has 4 rings (SSSR count). The van der Waals surface area contributed by atoms with Gasteiger partial charge in [-0.15, -0.1) is 0 Å². The summed E-state index contributed by atoms with van der Waals surface area (Å²) in [7, 11) is 0. The van der Waals surface area contributed by atoms with Crippen LogP contribution in [0.2, 0.25) is 0 Å². The molecule has 0 amide bonds. The first-order valence-corrected chi connectivity index (χ1v) is 11.4. The van der Waals surface area contributed by atoms with Crippen molar-refractivity contribution in [2.24, 2.45) is 0 Å². The molecule has 2 heterocycles. The van der Waals surface area contributed by atoms with Crippen LogP contribution < -0.4 is 15.5 Å². The number of piperidine rings is 1. The van der Waals surface area contributed by atoms with Gasteiger partial charge >= 0.3 is 0 Å². The summed E-state index contributed by atoms with van der Waals surface area (Å²) in [5, 5.41) is 16.9. The van der Waals surface area contributed by atoms with Crippen molar-refractivity contribution in [3.8, 4) is 5.75 Å². The summed E-state index contributed by atoms with van der Waals surface area (Å²) in [4.78, 5) is 1.68. The number of aromatic hydroxyl groups is 1. The molecular formula is C24H32BrN3O+2. The van der Waals surface area contributed by atoms with Gasteiger partial charge in [0.05, 0.1) is 37.5 Å². The number of nitrogens with one attached hydrogen (secondary N) is 2. The van der Waals surface area contributed by atoms with Gasteiger partial charge in [-0.25, -0.2) is 0 Å². The van der Waals surface area contributed by atoms with Crippen LogP contribution in [-0.2, 0) is 0 Å². The number of rotatable bonds is 3. The fourth-order valence-corrected chi connectivity index (χ4v) is 5.06. The van der Waals surface area contributed by atoms with E-state index in [1.54, 1.807) is 11.0 Å². The van der Waals surface area contributed by atoms with Gasteiger partial charge in [0.2, 0.25) is 0 Å². The minimum atomic E-state index is -0.0349. The van der Waals surface area contributed by atoms with Gasteiger partial charge in [0.1, 0.15) is 11.8 Å². The maximum atomic E-state index is 10.6. The van der Waals surface area contributed by atoms with Crippen LogP contribution in [0, 0.1) is 6.92 Å². The predicted octanol–water partition coefficient (Wildman–Crippen LogP) is 2.50. The lowest BCUT2D eigenvalue weighted by atomic mass is 9.88. The number of likely N-dealkylation sites (tertiary alicyclic amines) is 1. The van der Waals surface area contributed by atoms with Crippen molar-refractivity contribution in [3.63, 3.8) is 0 Å². The Bertz CT molecular complexity index is 899. The highest BCUT2D eigenvalue weighted by atomic mass is 79.9. The molecule has 1 fully saturated rings. The summed E-state index contributed by atoms with van der Waals surface area (Å²) < 4.78 is 0.996. The molecule has 2 aliphatic heterocycles. The summed E-state index contributed by atoms with van der Waals surface area (Å²) in [6.07, 6.45) is 4.48. The Morgan fingerprint density at radius 3 is 2.48 bits per heavy atom. The molecule has 1 spiro atoms. The summed E-state index contributed by atoms with van der Waals surface area (Å²) in [6.45, 7) is 9.07. The van der Waals surface area contributed by atoms with Crippen molar-refractivity contribution in [2.75, 3.05) is 13.1 Å². The van der Waals surface area contributed by atoms with Crippen molar-refractivity contribution in [2.45, 2.75) is 51.4 Å².